The van der Waals surface area contributed by atoms with Crippen molar-refractivity contribution < 1.29 is 53.4 Å². The Balaban J connectivity index is 1.22. The van der Waals surface area contributed by atoms with E-state index < -0.39 is 59.0 Å². The van der Waals surface area contributed by atoms with Crippen LogP contribution < -0.4 is 4.74 Å². The lowest BCUT2D eigenvalue weighted by Gasteiger charge is -2.31. The number of unbranched alkanes of at least 4 members (excludes halogenated alkanes) is 2. The van der Waals surface area contributed by atoms with Crippen LogP contribution in [0.3, 0.4) is 0 Å². The summed E-state index contributed by atoms with van der Waals surface area (Å²) in [6.45, 7) is 1.97. The fourth-order valence-corrected chi connectivity index (χ4v) is 6.22. The molecule has 0 N–H and O–H groups in total. The molecule has 262 valence electrons. The van der Waals surface area contributed by atoms with Gasteiger partial charge in [0.15, 0.2) is 11.6 Å². The summed E-state index contributed by atoms with van der Waals surface area (Å²) < 4.78 is 150. The van der Waals surface area contributed by atoms with Crippen molar-refractivity contribution in [1.29, 1.82) is 0 Å². The Morgan fingerprint density at radius 3 is 1.76 bits per heavy atom. The molecule has 0 radical (unpaired) electrons. The van der Waals surface area contributed by atoms with Gasteiger partial charge in [0.05, 0.1) is 6.10 Å². The van der Waals surface area contributed by atoms with Crippen molar-refractivity contribution in [2.24, 2.45) is 0 Å². The molecule has 1 saturated carbocycles. The molecular weight excluding hydrogens is 666 g/mol. The molecule has 4 aromatic carbocycles. The lowest BCUT2D eigenvalue weighted by atomic mass is 9.82. The van der Waals surface area contributed by atoms with E-state index in [9.17, 15) is 35.1 Å². The number of rotatable bonds is 11. The lowest BCUT2D eigenvalue weighted by Crippen LogP contribution is -2.31. The number of benzene rings is 4. The molecule has 0 bridgehead atoms. The van der Waals surface area contributed by atoms with E-state index >= 15 is 8.78 Å². The van der Waals surface area contributed by atoms with Crippen LogP contribution in [0.2, 0.25) is 0 Å². The smallest absolute Gasteiger partial charge is 0.403 e. The van der Waals surface area contributed by atoms with Gasteiger partial charge in [-0.25, -0.2) is 22.0 Å². The quantitative estimate of drug-likeness (QED) is 0.115. The molecular formula is C37H32F10O2. The minimum atomic E-state index is -5.11. The van der Waals surface area contributed by atoms with Crippen LogP contribution in [0.4, 0.5) is 43.9 Å². The van der Waals surface area contributed by atoms with Crippen LogP contribution in [-0.2, 0) is 17.3 Å². The lowest BCUT2D eigenvalue weighted by molar-refractivity contribution is -0.280. The van der Waals surface area contributed by atoms with Crippen molar-refractivity contribution in [1.82, 2.24) is 0 Å². The molecule has 0 saturated heterocycles. The number of hydrogen-bond acceptors (Lipinski definition) is 2. The Labute approximate surface area is 276 Å². The molecule has 0 atom stereocenters. The highest BCUT2D eigenvalue weighted by atomic mass is 19.4. The van der Waals surface area contributed by atoms with Crippen molar-refractivity contribution in [3.05, 3.63) is 113 Å². The predicted molar refractivity (Wildman–Crippen MR) is 163 cm³/mol. The standard InChI is InChI=1S/C37H32F10O2/c1-2-3-4-5-21-16-32(41)35(33(42)17-21)36(43,44)48-26-11-6-22(7-12-26)23-8-13-27(29(38)18-23)24-9-14-28(30(39)19-24)25-10-15-34(31(40)20-25)49-37(45,46)47/h8-10,13-20,22,26H,2-7,11-12H2,1H3. The van der Waals surface area contributed by atoms with Crippen molar-refractivity contribution in [3.8, 4) is 28.0 Å². The SMILES string of the molecule is CCCCCc1cc(F)c(C(F)(F)OC2CCC(c3ccc(-c4ccc(-c5ccc(OC(F)(F)F)c(F)c5)c(F)c4)c(F)c3)CC2)c(F)c1. The summed E-state index contributed by atoms with van der Waals surface area (Å²) in [6, 6.07) is 12.3. The van der Waals surface area contributed by atoms with Crippen molar-refractivity contribution in [2.75, 3.05) is 0 Å². The second-order valence-corrected chi connectivity index (χ2v) is 12.1. The Kier molecular flexibility index (Phi) is 11.0. The van der Waals surface area contributed by atoms with Gasteiger partial charge in [0.25, 0.3) is 0 Å². The number of aryl methyl sites for hydroxylation is 1. The zero-order chi connectivity index (χ0) is 35.5. The van der Waals surface area contributed by atoms with E-state index in [0.29, 0.717) is 42.9 Å². The molecule has 1 fully saturated rings. The van der Waals surface area contributed by atoms with Crippen LogP contribution in [0.25, 0.3) is 22.3 Å². The largest absolute Gasteiger partial charge is 0.573 e. The van der Waals surface area contributed by atoms with Gasteiger partial charge in [-0.15, -0.1) is 13.2 Å². The van der Waals surface area contributed by atoms with Gasteiger partial charge in [-0.2, -0.15) is 8.78 Å². The summed E-state index contributed by atoms with van der Waals surface area (Å²) in [5.41, 5.74) is -0.537. The van der Waals surface area contributed by atoms with Gasteiger partial charge in [-0.05, 0) is 103 Å². The molecule has 0 heterocycles. The molecule has 0 spiro atoms. The van der Waals surface area contributed by atoms with E-state index in [1.807, 2.05) is 6.92 Å². The van der Waals surface area contributed by atoms with Crippen molar-refractivity contribution in [2.45, 2.75) is 82.8 Å². The van der Waals surface area contributed by atoms with E-state index in [0.717, 1.165) is 43.2 Å². The van der Waals surface area contributed by atoms with Crippen LogP contribution in [0, 0.1) is 29.1 Å². The third-order valence-electron chi connectivity index (χ3n) is 8.66. The summed E-state index contributed by atoms with van der Waals surface area (Å²) in [4.78, 5) is 0. The highest BCUT2D eigenvalue weighted by Gasteiger charge is 2.42. The fourth-order valence-electron chi connectivity index (χ4n) is 6.22. The zero-order valence-electron chi connectivity index (χ0n) is 26.3. The van der Waals surface area contributed by atoms with Crippen LogP contribution in [0.1, 0.15) is 74.5 Å². The second kappa shape index (κ2) is 14.8. The normalized spacial score (nSPS) is 17.0. The van der Waals surface area contributed by atoms with Gasteiger partial charge >= 0.3 is 12.5 Å². The zero-order valence-corrected chi connectivity index (χ0v) is 26.3. The van der Waals surface area contributed by atoms with E-state index in [-0.39, 0.29) is 41.0 Å². The predicted octanol–water partition coefficient (Wildman–Crippen LogP) is 12.1. The molecule has 0 amide bonds. The second-order valence-electron chi connectivity index (χ2n) is 12.1. The first-order valence-corrected chi connectivity index (χ1v) is 15.8. The topological polar surface area (TPSA) is 18.5 Å². The molecule has 1 aliphatic carbocycles. The maximum atomic E-state index is 15.3. The van der Waals surface area contributed by atoms with Gasteiger partial charge in [0.2, 0.25) is 0 Å². The molecule has 49 heavy (non-hydrogen) atoms. The molecule has 0 aromatic heterocycles. The molecule has 2 nitrogen and oxygen atoms in total. The Bertz CT molecular complexity index is 1750. The molecule has 5 rings (SSSR count). The Hall–Kier alpha value is -4.06. The van der Waals surface area contributed by atoms with Crippen molar-refractivity contribution >= 4 is 0 Å². The summed E-state index contributed by atoms with van der Waals surface area (Å²) in [5, 5.41) is 0. The van der Waals surface area contributed by atoms with Gasteiger partial charge in [-0.3, -0.25) is 0 Å². The molecule has 0 aliphatic heterocycles. The molecule has 4 aromatic rings. The van der Waals surface area contributed by atoms with Gasteiger partial charge in [-0.1, -0.05) is 50.1 Å². The minimum absolute atomic E-state index is 0.0476. The number of halogens is 10. The van der Waals surface area contributed by atoms with Gasteiger partial charge < -0.3 is 9.47 Å². The van der Waals surface area contributed by atoms with E-state index in [1.54, 1.807) is 6.07 Å². The van der Waals surface area contributed by atoms with Gasteiger partial charge in [0.1, 0.15) is 28.8 Å². The summed E-state index contributed by atoms with van der Waals surface area (Å²) >= 11 is 0. The first-order chi connectivity index (χ1) is 23.1. The molecule has 1 aliphatic rings. The van der Waals surface area contributed by atoms with Crippen LogP contribution in [0.15, 0.2) is 66.7 Å². The Morgan fingerprint density at radius 1 is 0.633 bits per heavy atom. The summed E-state index contributed by atoms with van der Waals surface area (Å²) in [6.07, 6.45) is -6.53. The highest BCUT2D eigenvalue weighted by molar-refractivity contribution is 5.72. The Morgan fingerprint density at radius 2 is 1.20 bits per heavy atom. The summed E-state index contributed by atoms with van der Waals surface area (Å²) in [5.74, 6) is -6.92. The average Bonchev–Trinajstić information content (AvgIpc) is 3.01. The van der Waals surface area contributed by atoms with E-state index in [2.05, 4.69) is 4.74 Å². The molecule has 12 heteroatoms. The third kappa shape index (κ3) is 8.76. The van der Waals surface area contributed by atoms with E-state index in [1.165, 1.54) is 24.3 Å². The fraction of sp³-hybridized carbons (Fsp3) is 0.351. The summed E-state index contributed by atoms with van der Waals surface area (Å²) in [7, 11) is 0. The van der Waals surface area contributed by atoms with Crippen LogP contribution in [0.5, 0.6) is 5.75 Å². The molecule has 0 unspecified atom stereocenters. The monoisotopic (exact) mass is 698 g/mol. The first kappa shape index (κ1) is 36.2. The van der Waals surface area contributed by atoms with Crippen LogP contribution in [-0.4, -0.2) is 12.5 Å². The number of ether oxygens (including phenoxy) is 2. The highest BCUT2D eigenvalue weighted by Crippen LogP contribution is 2.42. The van der Waals surface area contributed by atoms with Gasteiger partial charge in [0, 0.05) is 11.1 Å². The maximum Gasteiger partial charge on any atom is 0.573 e. The van der Waals surface area contributed by atoms with E-state index in [4.69, 9.17) is 4.74 Å². The maximum absolute atomic E-state index is 15.3. The van der Waals surface area contributed by atoms with Crippen LogP contribution >= 0.6 is 0 Å². The average molecular weight is 699 g/mol. The number of hydrogen-bond donors (Lipinski definition) is 0. The minimum Gasteiger partial charge on any atom is -0.403 e. The number of alkyl halides is 5. The first-order valence-electron chi connectivity index (χ1n) is 15.8. The van der Waals surface area contributed by atoms with Crippen molar-refractivity contribution in [3.63, 3.8) is 0 Å². The third-order valence-corrected chi connectivity index (χ3v) is 8.66.